The van der Waals surface area contributed by atoms with E-state index < -0.39 is 47.4 Å². The number of amides is 1. The minimum absolute atomic E-state index is 0.153. The molecule has 13 heteroatoms. The fraction of sp³-hybridized carbons (Fsp3) is 0.579. The molecular weight excluding hydrogens is 444 g/mol. The number of likely N-dealkylation sites (tertiary alicyclic amines) is 1. The molecule has 0 radical (unpaired) electrons. The van der Waals surface area contributed by atoms with E-state index in [1.807, 2.05) is 0 Å². The summed E-state index contributed by atoms with van der Waals surface area (Å²) >= 11 is 0. The second kappa shape index (κ2) is 7.93. The molecule has 0 spiro atoms. The lowest BCUT2D eigenvalue weighted by molar-refractivity contribution is -0.160. The van der Waals surface area contributed by atoms with Gasteiger partial charge in [0.1, 0.15) is 23.5 Å². The topological polar surface area (TPSA) is 73.0 Å². The maximum atomic E-state index is 13.6. The molecule has 174 valence electrons. The van der Waals surface area contributed by atoms with Gasteiger partial charge in [0.25, 0.3) is 0 Å². The van der Waals surface area contributed by atoms with Crippen LogP contribution in [-0.2, 0) is 17.5 Å². The van der Waals surface area contributed by atoms with Gasteiger partial charge >= 0.3 is 18.0 Å². The number of pyridine rings is 1. The van der Waals surface area contributed by atoms with Crippen molar-refractivity contribution in [3.05, 3.63) is 45.9 Å². The Hall–Kier alpha value is -2.86. The quantitative estimate of drug-likeness (QED) is 0.656. The van der Waals surface area contributed by atoms with Gasteiger partial charge in [0.2, 0.25) is 5.91 Å². The smallest absolute Gasteiger partial charge is 0.341 e. The summed E-state index contributed by atoms with van der Waals surface area (Å²) < 4.78 is 80.4. The molecule has 2 unspecified atom stereocenters. The van der Waals surface area contributed by atoms with E-state index >= 15 is 0 Å². The predicted octanol–water partition coefficient (Wildman–Crippen LogP) is 3.11. The number of halogens is 6. The first kappa shape index (κ1) is 22.3. The monoisotopic (exact) mass is 463 g/mol. The Bertz CT molecular complexity index is 1050. The SMILES string of the molecule is O=C(C1CCC(C(F)(F)F)c2nn(Cc3ccc(C(F)(F)F)nc3)c(=O)n21)N1CCCC1. The molecular formula is C19H19F6N5O2. The third kappa shape index (κ3) is 4.11. The highest BCUT2D eigenvalue weighted by atomic mass is 19.4. The summed E-state index contributed by atoms with van der Waals surface area (Å²) in [6.07, 6.45) is -7.39. The van der Waals surface area contributed by atoms with Gasteiger partial charge < -0.3 is 4.90 Å². The lowest BCUT2D eigenvalue weighted by Crippen LogP contribution is -2.43. The molecule has 0 aliphatic carbocycles. The predicted molar refractivity (Wildman–Crippen MR) is 97.7 cm³/mol. The number of alkyl halides is 6. The van der Waals surface area contributed by atoms with Crippen LogP contribution in [0.2, 0.25) is 0 Å². The number of rotatable bonds is 3. The fourth-order valence-electron chi connectivity index (χ4n) is 4.20. The third-order valence-electron chi connectivity index (χ3n) is 5.79. The van der Waals surface area contributed by atoms with Crippen LogP contribution in [-0.4, -0.2) is 49.4 Å². The molecule has 32 heavy (non-hydrogen) atoms. The first-order valence-corrected chi connectivity index (χ1v) is 10.0. The molecule has 7 nitrogen and oxygen atoms in total. The molecule has 2 aromatic rings. The zero-order chi connectivity index (χ0) is 23.3. The molecule has 0 saturated carbocycles. The van der Waals surface area contributed by atoms with Gasteiger partial charge in [-0.15, -0.1) is 0 Å². The maximum Gasteiger partial charge on any atom is 0.433 e. The van der Waals surface area contributed by atoms with Crippen molar-refractivity contribution in [1.82, 2.24) is 24.2 Å². The van der Waals surface area contributed by atoms with Crippen molar-refractivity contribution < 1.29 is 31.1 Å². The second-order valence-corrected chi connectivity index (χ2v) is 7.94. The number of carbonyl (C=O) groups is 1. The summed E-state index contributed by atoms with van der Waals surface area (Å²) in [6.45, 7) is 0.583. The average molecular weight is 463 g/mol. The summed E-state index contributed by atoms with van der Waals surface area (Å²) in [4.78, 5) is 30.7. The highest BCUT2D eigenvalue weighted by Crippen LogP contribution is 2.42. The third-order valence-corrected chi connectivity index (χ3v) is 5.79. The largest absolute Gasteiger partial charge is 0.433 e. The van der Waals surface area contributed by atoms with Crippen LogP contribution in [0.4, 0.5) is 26.3 Å². The molecule has 2 aliphatic rings. The van der Waals surface area contributed by atoms with Crippen molar-refractivity contribution in [1.29, 1.82) is 0 Å². The average Bonchev–Trinajstić information content (AvgIpc) is 3.35. The van der Waals surface area contributed by atoms with E-state index in [2.05, 4.69) is 10.1 Å². The van der Waals surface area contributed by atoms with Gasteiger partial charge in [-0.2, -0.15) is 31.4 Å². The van der Waals surface area contributed by atoms with Gasteiger partial charge in [-0.3, -0.25) is 14.3 Å². The van der Waals surface area contributed by atoms with Crippen LogP contribution in [0.3, 0.4) is 0 Å². The molecule has 0 N–H and O–H groups in total. The van der Waals surface area contributed by atoms with E-state index in [0.29, 0.717) is 19.2 Å². The maximum absolute atomic E-state index is 13.6. The van der Waals surface area contributed by atoms with Crippen molar-refractivity contribution in [3.8, 4) is 0 Å². The van der Waals surface area contributed by atoms with Gasteiger partial charge in [-0.1, -0.05) is 6.07 Å². The first-order valence-electron chi connectivity index (χ1n) is 10.0. The Labute approximate surface area is 177 Å². The summed E-state index contributed by atoms with van der Waals surface area (Å²) in [5, 5.41) is 3.85. The van der Waals surface area contributed by atoms with Crippen LogP contribution < -0.4 is 5.69 Å². The summed E-state index contributed by atoms with van der Waals surface area (Å²) in [6, 6.07) is 0.706. The van der Waals surface area contributed by atoms with Crippen LogP contribution in [0.25, 0.3) is 0 Å². The lowest BCUT2D eigenvalue weighted by atomic mass is 9.93. The Balaban J connectivity index is 1.70. The summed E-state index contributed by atoms with van der Waals surface area (Å²) in [5.74, 6) is -2.97. The van der Waals surface area contributed by atoms with E-state index in [0.717, 1.165) is 34.4 Å². The number of carbonyl (C=O) groups excluding carboxylic acids is 1. The molecule has 2 aliphatic heterocycles. The van der Waals surface area contributed by atoms with Crippen molar-refractivity contribution in [2.75, 3.05) is 13.1 Å². The van der Waals surface area contributed by atoms with Gasteiger partial charge in [0, 0.05) is 19.3 Å². The van der Waals surface area contributed by atoms with E-state index in [4.69, 9.17) is 0 Å². The van der Waals surface area contributed by atoms with Crippen molar-refractivity contribution in [2.24, 2.45) is 0 Å². The van der Waals surface area contributed by atoms with Crippen LogP contribution >= 0.6 is 0 Å². The lowest BCUT2D eigenvalue weighted by Gasteiger charge is -2.31. The van der Waals surface area contributed by atoms with Gasteiger partial charge in [0.05, 0.1) is 6.54 Å². The standard InChI is InChI=1S/C19H19F6N5O2/c20-18(21,22)12-4-5-13(16(31)28-7-1-2-8-28)30-15(12)27-29(17(30)32)10-11-3-6-14(26-9-11)19(23,24)25/h3,6,9,12-13H,1-2,4-5,7-8,10H2. The zero-order valence-electron chi connectivity index (χ0n) is 16.7. The highest BCUT2D eigenvalue weighted by molar-refractivity contribution is 5.81. The number of hydrogen-bond donors (Lipinski definition) is 0. The van der Waals surface area contributed by atoms with E-state index in [9.17, 15) is 35.9 Å². The molecule has 4 rings (SSSR count). The van der Waals surface area contributed by atoms with E-state index in [-0.39, 0.29) is 24.9 Å². The zero-order valence-corrected chi connectivity index (χ0v) is 16.7. The first-order chi connectivity index (χ1) is 15.0. The fourth-order valence-corrected chi connectivity index (χ4v) is 4.20. The number of nitrogens with zero attached hydrogens (tertiary/aromatic N) is 5. The van der Waals surface area contributed by atoms with Crippen molar-refractivity contribution >= 4 is 5.91 Å². The van der Waals surface area contributed by atoms with Crippen LogP contribution in [0.5, 0.6) is 0 Å². The molecule has 4 heterocycles. The molecule has 1 saturated heterocycles. The molecule has 0 bridgehead atoms. The van der Waals surface area contributed by atoms with Crippen molar-refractivity contribution in [2.45, 2.75) is 56.5 Å². The van der Waals surface area contributed by atoms with E-state index in [1.165, 1.54) is 4.90 Å². The minimum atomic E-state index is -4.66. The van der Waals surface area contributed by atoms with Gasteiger partial charge in [0.15, 0.2) is 0 Å². The number of aromatic nitrogens is 4. The Kier molecular flexibility index (Phi) is 5.53. The highest BCUT2D eigenvalue weighted by Gasteiger charge is 2.49. The van der Waals surface area contributed by atoms with Crippen molar-refractivity contribution in [3.63, 3.8) is 0 Å². The molecule has 1 fully saturated rings. The van der Waals surface area contributed by atoms with Gasteiger partial charge in [-0.05, 0) is 37.3 Å². The summed E-state index contributed by atoms with van der Waals surface area (Å²) in [5.41, 5.74) is -1.89. The van der Waals surface area contributed by atoms with Crippen LogP contribution in [0.1, 0.15) is 54.7 Å². The van der Waals surface area contributed by atoms with Crippen LogP contribution in [0.15, 0.2) is 23.1 Å². The molecule has 0 aromatic carbocycles. The normalized spacial score (nSPS) is 21.6. The molecule has 1 amide bonds. The molecule has 2 aromatic heterocycles. The minimum Gasteiger partial charge on any atom is -0.341 e. The summed E-state index contributed by atoms with van der Waals surface area (Å²) in [7, 11) is 0. The van der Waals surface area contributed by atoms with Gasteiger partial charge in [-0.25, -0.2) is 9.48 Å². The Morgan fingerprint density at radius 3 is 2.31 bits per heavy atom. The Morgan fingerprint density at radius 2 is 1.75 bits per heavy atom. The molecule has 2 atom stereocenters. The van der Waals surface area contributed by atoms with E-state index in [1.54, 1.807) is 0 Å². The van der Waals surface area contributed by atoms with Crippen LogP contribution in [0, 0.1) is 0 Å². The second-order valence-electron chi connectivity index (χ2n) is 7.94. The number of hydrogen-bond acceptors (Lipinski definition) is 4. The Morgan fingerprint density at radius 1 is 1.06 bits per heavy atom. The number of fused-ring (bicyclic) bond motifs is 1.